The van der Waals surface area contributed by atoms with Crippen LogP contribution in [0.5, 0.6) is 5.75 Å². The summed E-state index contributed by atoms with van der Waals surface area (Å²) in [5, 5.41) is 21.0. The van der Waals surface area contributed by atoms with Crippen LogP contribution in [0.4, 0.5) is 0 Å². The Morgan fingerprint density at radius 2 is 1.70 bits per heavy atom. The van der Waals surface area contributed by atoms with Crippen molar-refractivity contribution in [1.29, 1.82) is 0 Å². The third kappa shape index (κ3) is 1.81. The Hall–Kier alpha value is -2.17. The van der Waals surface area contributed by atoms with Crippen LogP contribution in [0.2, 0.25) is 0 Å². The standard InChI is InChI=1S/C16H14O4/c17-10-16(19)12-8-4-5-9-13(12)20-15(18)14(16)11-6-2-1-3-7-11/h1-10,14-15,18-19H. The second-order valence-corrected chi connectivity index (χ2v) is 4.84. The van der Waals surface area contributed by atoms with E-state index in [2.05, 4.69) is 0 Å². The van der Waals surface area contributed by atoms with Gasteiger partial charge in [-0.3, -0.25) is 4.79 Å². The lowest BCUT2D eigenvalue weighted by Gasteiger charge is -2.40. The summed E-state index contributed by atoms with van der Waals surface area (Å²) >= 11 is 0. The Morgan fingerprint density at radius 1 is 1.05 bits per heavy atom. The van der Waals surface area contributed by atoms with Crippen molar-refractivity contribution in [3.8, 4) is 5.75 Å². The highest BCUT2D eigenvalue weighted by Gasteiger charge is 2.49. The Morgan fingerprint density at radius 3 is 2.40 bits per heavy atom. The van der Waals surface area contributed by atoms with Crippen LogP contribution in [0.15, 0.2) is 54.6 Å². The van der Waals surface area contributed by atoms with Crippen molar-refractivity contribution in [3.63, 3.8) is 0 Å². The van der Waals surface area contributed by atoms with Crippen molar-refractivity contribution in [1.82, 2.24) is 0 Å². The van der Waals surface area contributed by atoms with E-state index < -0.39 is 17.8 Å². The second kappa shape index (κ2) is 4.74. The SMILES string of the molecule is O=CC1(O)c2ccccc2OC(O)C1c1ccccc1. The minimum atomic E-state index is -1.81. The van der Waals surface area contributed by atoms with Gasteiger partial charge in [0.15, 0.2) is 11.9 Å². The molecule has 0 spiro atoms. The third-order valence-electron chi connectivity index (χ3n) is 3.66. The number of aliphatic hydroxyl groups excluding tert-OH is 1. The van der Waals surface area contributed by atoms with Crippen molar-refractivity contribution < 1.29 is 19.7 Å². The molecule has 4 nitrogen and oxygen atoms in total. The van der Waals surface area contributed by atoms with Gasteiger partial charge in [-0.1, -0.05) is 48.5 Å². The molecule has 0 saturated heterocycles. The number of benzene rings is 2. The number of rotatable bonds is 2. The molecule has 2 aromatic rings. The smallest absolute Gasteiger partial charge is 0.207 e. The van der Waals surface area contributed by atoms with Crippen LogP contribution >= 0.6 is 0 Å². The van der Waals surface area contributed by atoms with Gasteiger partial charge >= 0.3 is 0 Å². The van der Waals surface area contributed by atoms with Crippen LogP contribution in [-0.4, -0.2) is 22.8 Å². The van der Waals surface area contributed by atoms with Gasteiger partial charge in [0, 0.05) is 5.56 Å². The highest BCUT2D eigenvalue weighted by Crippen LogP contribution is 2.46. The van der Waals surface area contributed by atoms with Gasteiger partial charge in [0.1, 0.15) is 5.75 Å². The van der Waals surface area contributed by atoms with Crippen LogP contribution in [0.3, 0.4) is 0 Å². The van der Waals surface area contributed by atoms with Crippen molar-refractivity contribution in [3.05, 3.63) is 65.7 Å². The van der Waals surface area contributed by atoms with E-state index in [1.54, 1.807) is 48.5 Å². The molecule has 0 saturated carbocycles. The number of aliphatic hydroxyl groups is 2. The Kier molecular flexibility index (Phi) is 3.04. The normalized spacial score (nSPS) is 28.3. The first-order valence-electron chi connectivity index (χ1n) is 6.34. The van der Waals surface area contributed by atoms with Gasteiger partial charge in [0.25, 0.3) is 0 Å². The lowest BCUT2D eigenvalue weighted by Crippen LogP contribution is -2.47. The lowest BCUT2D eigenvalue weighted by molar-refractivity contribution is -0.152. The average molecular weight is 270 g/mol. The summed E-state index contributed by atoms with van der Waals surface area (Å²) in [6.07, 6.45) is -0.822. The molecule has 0 aromatic heterocycles. The first kappa shape index (κ1) is 12.8. The summed E-state index contributed by atoms with van der Waals surface area (Å²) in [6, 6.07) is 15.6. The predicted octanol–water partition coefficient (Wildman–Crippen LogP) is 1.57. The summed E-state index contributed by atoms with van der Waals surface area (Å²) < 4.78 is 5.43. The molecule has 0 radical (unpaired) electrons. The number of fused-ring (bicyclic) bond motifs is 1. The topological polar surface area (TPSA) is 66.8 Å². The summed E-state index contributed by atoms with van der Waals surface area (Å²) in [5.41, 5.74) is -0.798. The largest absolute Gasteiger partial charge is 0.464 e. The highest BCUT2D eigenvalue weighted by molar-refractivity contribution is 5.71. The monoisotopic (exact) mass is 270 g/mol. The molecule has 3 rings (SSSR count). The van der Waals surface area contributed by atoms with E-state index in [1.807, 2.05) is 6.07 Å². The predicted molar refractivity (Wildman–Crippen MR) is 72.2 cm³/mol. The van der Waals surface area contributed by atoms with Crippen molar-refractivity contribution >= 4 is 6.29 Å². The molecule has 2 N–H and O–H groups in total. The fourth-order valence-corrected chi connectivity index (χ4v) is 2.70. The Balaban J connectivity index is 2.18. The van der Waals surface area contributed by atoms with Gasteiger partial charge in [-0.25, -0.2) is 0 Å². The van der Waals surface area contributed by atoms with E-state index >= 15 is 0 Å². The molecule has 3 atom stereocenters. The molecule has 3 unspecified atom stereocenters. The summed E-state index contributed by atoms with van der Waals surface area (Å²) in [5.74, 6) is -0.544. The molecule has 4 heteroatoms. The first-order valence-corrected chi connectivity index (χ1v) is 6.34. The van der Waals surface area contributed by atoms with Crippen LogP contribution < -0.4 is 4.74 Å². The molecule has 0 bridgehead atoms. The van der Waals surface area contributed by atoms with E-state index in [4.69, 9.17) is 4.74 Å². The molecule has 1 aliphatic heterocycles. The van der Waals surface area contributed by atoms with Gasteiger partial charge in [-0.05, 0) is 11.6 Å². The lowest BCUT2D eigenvalue weighted by atomic mass is 9.76. The van der Waals surface area contributed by atoms with Crippen LogP contribution in [0.1, 0.15) is 17.0 Å². The zero-order valence-electron chi connectivity index (χ0n) is 10.6. The maximum Gasteiger partial charge on any atom is 0.207 e. The Labute approximate surface area is 116 Å². The molecular formula is C16H14O4. The summed E-state index contributed by atoms with van der Waals surface area (Å²) in [4.78, 5) is 11.6. The van der Waals surface area contributed by atoms with Crippen molar-refractivity contribution in [2.45, 2.75) is 17.8 Å². The zero-order chi connectivity index (χ0) is 14.2. The third-order valence-corrected chi connectivity index (χ3v) is 3.66. The van der Waals surface area contributed by atoms with Crippen LogP contribution in [0.25, 0.3) is 0 Å². The summed E-state index contributed by atoms with van der Waals surface area (Å²) in [6.45, 7) is 0. The molecule has 1 aliphatic rings. The molecule has 20 heavy (non-hydrogen) atoms. The van der Waals surface area contributed by atoms with Crippen molar-refractivity contribution in [2.75, 3.05) is 0 Å². The minimum absolute atomic E-state index is 0.321. The fraction of sp³-hybridized carbons (Fsp3) is 0.188. The van der Waals surface area contributed by atoms with E-state index in [1.165, 1.54) is 0 Å². The number of carbonyl (C=O) groups is 1. The van der Waals surface area contributed by atoms with E-state index in [-0.39, 0.29) is 0 Å². The molecular weight excluding hydrogens is 256 g/mol. The van der Waals surface area contributed by atoms with Gasteiger partial charge < -0.3 is 14.9 Å². The average Bonchev–Trinajstić information content (AvgIpc) is 2.48. The first-order chi connectivity index (χ1) is 9.66. The molecule has 0 fully saturated rings. The highest BCUT2D eigenvalue weighted by atomic mass is 16.6. The number of aldehydes is 1. The second-order valence-electron chi connectivity index (χ2n) is 4.84. The quantitative estimate of drug-likeness (QED) is 0.813. The number of para-hydroxylation sites is 1. The van der Waals surface area contributed by atoms with E-state index in [0.29, 0.717) is 23.2 Å². The maximum absolute atomic E-state index is 11.6. The number of ether oxygens (including phenoxy) is 1. The molecule has 102 valence electrons. The van der Waals surface area contributed by atoms with Gasteiger partial charge in [0.2, 0.25) is 6.29 Å². The maximum atomic E-state index is 11.6. The zero-order valence-corrected chi connectivity index (χ0v) is 10.6. The molecule has 0 aliphatic carbocycles. The summed E-state index contributed by atoms with van der Waals surface area (Å²) in [7, 11) is 0. The van der Waals surface area contributed by atoms with E-state index in [9.17, 15) is 15.0 Å². The van der Waals surface area contributed by atoms with Crippen LogP contribution in [0, 0.1) is 0 Å². The number of hydrogen-bond donors (Lipinski definition) is 2. The van der Waals surface area contributed by atoms with Gasteiger partial charge in [0.05, 0.1) is 5.92 Å². The minimum Gasteiger partial charge on any atom is -0.464 e. The molecule has 0 amide bonds. The van der Waals surface area contributed by atoms with E-state index in [0.717, 1.165) is 0 Å². The molecule has 2 aromatic carbocycles. The Bertz CT molecular complexity index is 625. The fourth-order valence-electron chi connectivity index (χ4n) is 2.70. The van der Waals surface area contributed by atoms with Crippen LogP contribution in [-0.2, 0) is 10.4 Å². The van der Waals surface area contributed by atoms with Gasteiger partial charge in [-0.15, -0.1) is 0 Å². The number of hydrogen-bond acceptors (Lipinski definition) is 4. The molecule has 1 heterocycles. The van der Waals surface area contributed by atoms with Gasteiger partial charge in [-0.2, -0.15) is 0 Å². The number of carbonyl (C=O) groups excluding carboxylic acids is 1. The van der Waals surface area contributed by atoms with Crippen molar-refractivity contribution in [2.24, 2.45) is 0 Å².